The average molecular weight is 271 g/mol. The fraction of sp³-hybridized carbons (Fsp3) is 0.333. The van der Waals surface area contributed by atoms with Crippen LogP contribution in [0.4, 0.5) is 19.2 Å². The molecular formula is C12H12F3N3O. The van der Waals surface area contributed by atoms with Gasteiger partial charge in [-0.1, -0.05) is 11.2 Å². The molecular weight excluding hydrogens is 259 g/mol. The van der Waals surface area contributed by atoms with Crippen LogP contribution in [0.15, 0.2) is 22.6 Å². The van der Waals surface area contributed by atoms with Crippen molar-refractivity contribution < 1.29 is 17.6 Å². The smallest absolute Gasteiger partial charge is 0.408 e. The van der Waals surface area contributed by atoms with Crippen molar-refractivity contribution in [3.63, 3.8) is 0 Å². The molecule has 0 fully saturated rings. The lowest BCUT2D eigenvalue weighted by atomic mass is 10.0. The molecule has 0 spiro atoms. The van der Waals surface area contributed by atoms with E-state index in [0.717, 1.165) is 17.7 Å². The molecule has 102 valence electrons. The van der Waals surface area contributed by atoms with Gasteiger partial charge in [-0.2, -0.15) is 13.2 Å². The molecule has 0 unspecified atom stereocenters. The van der Waals surface area contributed by atoms with Crippen LogP contribution in [0.5, 0.6) is 0 Å². The summed E-state index contributed by atoms with van der Waals surface area (Å²) in [6.45, 7) is 3.61. The first-order chi connectivity index (χ1) is 8.86. The second kappa shape index (κ2) is 4.91. The van der Waals surface area contributed by atoms with E-state index in [1.165, 1.54) is 6.07 Å². The molecule has 0 aliphatic carbocycles. The van der Waals surface area contributed by atoms with E-state index >= 15 is 0 Å². The number of aromatic nitrogens is 2. The van der Waals surface area contributed by atoms with Gasteiger partial charge in [-0.05, 0) is 30.2 Å². The first kappa shape index (κ1) is 13.4. The molecule has 2 aromatic rings. The average Bonchev–Trinajstić information content (AvgIpc) is 2.72. The van der Waals surface area contributed by atoms with Crippen LogP contribution in [0.2, 0.25) is 0 Å². The summed E-state index contributed by atoms with van der Waals surface area (Å²) >= 11 is 0. The predicted octanol–water partition coefficient (Wildman–Crippen LogP) is 3.32. The Morgan fingerprint density at radius 2 is 1.95 bits per heavy atom. The van der Waals surface area contributed by atoms with Gasteiger partial charge in [-0.25, -0.2) is 0 Å². The minimum atomic E-state index is -4.32. The number of nitrogens with one attached hydrogen (secondary N) is 1. The van der Waals surface area contributed by atoms with Crippen molar-refractivity contribution in [2.45, 2.75) is 26.6 Å². The van der Waals surface area contributed by atoms with Gasteiger partial charge in [-0.3, -0.25) is 0 Å². The molecule has 4 nitrogen and oxygen atoms in total. The van der Waals surface area contributed by atoms with E-state index in [1.807, 2.05) is 0 Å². The summed E-state index contributed by atoms with van der Waals surface area (Å²) in [6.07, 6.45) is -4.32. The summed E-state index contributed by atoms with van der Waals surface area (Å²) < 4.78 is 42.6. The van der Waals surface area contributed by atoms with Crippen molar-refractivity contribution in [2.75, 3.05) is 5.32 Å². The van der Waals surface area contributed by atoms with Crippen LogP contribution in [0.1, 0.15) is 22.6 Å². The topological polar surface area (TPSA) is 51.0 Å². The van der Waals surface area contributed by atoms with Gasteiger partial charge in [0.05, 0.1) is 5.56 Å². The van der Waals surface area contributed by atoms with Crippen molar-refractivity contribution >= 4 is 6.01 Å². The molecule has 19 heavy (non-hydrogen) atoms. The SMILES string of the molecule is Cc1nnc(NCc2ccc(C(F)(F)F)cc2C)o1. The van der Waals surface area contributed by atoms with Crippen molar-refractivity contribution in [2.24, 2.45) is 0 Å². The number of alkyl halides is 3. The van der Waals surface area contributed by atoms with Gasteiger partial charge in [0.25, 0.3) is 0 Å². The van der Waals surface area contributed by atoms with Crippen molar-refractivity contribution in [3.8, 4) is 0 Å². The molecule has 1 heterocycles. The molecule has 0 aliphatic rings. The van der Waals surface area contributed by atoms with E-state index in [-0.39, 0.29) is 6.01 Å². The Bertz CT molecular complexity index is 578. The molecule has 2 rings (SSSR count). The van der Waals surface area contributed by atoms with Crippen LogP contribution >= 0.6 is 0 Å². The van der Waals surface area contributed by atoms with E-state index in [1.54, 1.807) is 13.8 Å². The quantitative estimate of drug-likeness (QED) is 0.930. The Morgan fingerprint density at radius 3 is 2.47 bits per heavy atom. The highest BCUT2D eigenvalue weighted by molar-refractivity contribution is 5.34. The molecule has 0 bridgehead atoms. The Morgan fingerprint density at radius 1 is 1.21 bits per heavy atom. The summed E-state index contributed by atoms with van der Waals surface area (Å²) in [5.41, 5.74) is 0.643. The largest absolute Gasteiger partial charge is 0.416 e. The van der Waals surface area contributed by atoms with Crippen molar-refractivity contribution in [3.05, 3.63) is 40.8 Å². The number of halogens is 3. The number of hydrogen-bond acceptors (Lipinski definition) is 4. The van der Waals surface area contributed by atoms with Gasteiger partial charge < -0.3 is 9.73 Å². The molecule has 7 heteroatoms. The standard InChI is InChI=1S/C12H12F3N3O/c1-7-5-10(12(13,14)15)4-3-9(7)6-16-11-18-17-8(2)19-11/h3-5H,6H2,1-2H3,(H,16,18). The zero-order chi connectivity index (χ0) is 14.0. The van der Waals surface area contributed by atoms with Gasteiger partial charge >= 0.3 is 12.2 Å². The molecule has 0 aliphatic heterocycles. The third-order valence-corrected chi connectivity index (χ3v) is 2.63. The first-order valence-corrected chi connectivity index (χ1v) is 5.57. The summed E-state index contributed by atoms with van der Waals surface area (Å²) in [5.74, 6) is 0.423. The maximum absolute atomic E-state index is 12.5. The van der Waals surface area contributed by atoms with Crippen LogP contribution in [0.25, 0.3) is 0 Å². The molecule has 0 saturated heterocycles. The number of anilines is 1. The number of nitrogens with zero attached hydrogens (tertiary/aromatic N) is 2. The minimum absolute atomic E-state index is 0.247. The Labute approximate surface area is 107 Å². The van der Waals surface area contributed by atoms with Crippen molar-refractivity contribution in [1.82, 2.24) is 10.2 Å². The Balaban J connectivity index is 2.09. The van der Waals surface area contributed by atoms with Gasteiger partial charge in [0.15, 0.2) is 0 Å². The van der Waals surface area contributed by atoms with E-state index in [0.29, 0.717) is 18.0 Å². The van der Waals surface area contributed by atoms with Gasteiger partial charge in [0.2, 0.25) is 5.89 Å². The maximum Gasteiger partial charge on any atom is 0.416 e. The molecule has 0 saturated carbocycles. The number of hydrogen-bond donors (Lipinski definition) is 1. The lowest BCUT2D eigenvalue weighted by Crippen LogP contribution is -2.07. The highest BCUT2D eigenvalue weighted by atomic mass is 19.4. The predicted molar refractivity (Wildman–Crippen MR) is 62.5 cm³/mol. The normalized spacial score (nSPS) is 11.6. The Hall–Kier alpha value is -2.05. The molecule has 0 radical (unpaired) electrons. The molecule has 0 atom stereocenters. The highest BCUT2D eigenvalue weighted by Crippen LogP contribution is 2.30. The van der Waals surface area contributed by atoms with Gasteiger partial charge in [0, 0.05) is 13.5 Å². The maximum atomic E-state index is 12.5. The van der Waals surface area contributed by atoms with E-state index in [4.69, 9.17) is 4.42 Å². The fourth-order valence-corrected chi connectivity index (χ4v) is 1.61. The van der Waals surface area contributed by atoms with Gasteiger partial charge in [-0.15, -0.1) is 5.10 Å². The van der Waals surface area contributed by atoms with Crippen LogP contribution in [0, 0.1) is 13.8 Å². The number of aryl methyl sites for hydroxylation is 2. The molecule has 1 aromatic carbocycles. The third-order valence-electron chi connectivity index (χ3n) is 2.63. The monoisotopic (exact) mass is 271 g/mol. The van der Waals surface area contributed by atoms with E-state index < -0.39 is 11.7 Å². The number of rotatable bonds is 3. The molecule has 0 amide bonds. The van der Waals surface area contributed by atoms with Crippen molar-refractivity contribution in [1.29, 1.82) is 0 Å². The fourth-order valence-electron chi connectivity index (χ4n) is 1.61. The lowest BCUT2D eigenvalue weighted by Gasteiger charge is -2.11. The second-order valence-corrected chi connectivity index (χ2v) is 4.12. The molecule has 1 aromatic heterocycles. The van der Waals surface area contributed by atoms with Crippen LogP contribution in [0.3, 0.4) is 0 Å². The van der Waals surface area contributed by atoms with Crippen LogP contribution < -0.4 is 5.32 Å². The Kier molecular flexibility index (Phi) is 3.46. The summed E-state index contributed by atoms with van der Waals surface area (Å²) in [7, 11) is 0. The lowest BCUT2D eigenvalue weighted by molar-refractivity contribution is -0.137. The zero-order valence-corrected chi connectivity index (χ0v) is 10.4. The minimum Gasteiger partial charge on any atom is -0.408 e. The van der Waals surface area contributed by atoms with Gasteiger partial charge in [0.1, 0.15) is 0 Å². The van der Waals surface area contributed by atoms with Crippen LogP contribution in [-0.4, -0.2) is 10.2 Å². The molecule has 1 N–H and O–H groups in total. The first-order valence-electron chi connectivity index (χ1n) is 5.57. The summed E-state index contributed by atoms with van der Waals surface area (Å²) in [4.78, 5) is 0. The number of benzene rings is 1. The highest BCUT2D eigenvalue weighted by Gasteiger charge is 2.30. The van der Waals surface area contributed by atoms with E-state index in [2.05, 4.69) is 15.5 Å². The summed E-state index contributed by atoms with van der Waals surface area (Å²) in [6, 6.07) is 3.87. The zero-order valence-electron chi connectivity index (χ0n) is 10.4. The third kappa shape index (κ3) is 3.24. The van der Waals surface area contributed by atoms with Crippen LogP contribution in [-0.2, 0) is 12.7 Å². The van der Waals surface area contributed by atoms with E-state index in [9.17, 15) is 13.2 Å². The second-order valence-electron chi connectivity index (χ2n) is 4.12. The summed E-state index contributed by atoms with van der Waals surface area (Å²) in [5, 5.41) is 10.2.